The van der Waals surface area contributed by atoms with Gasteiger partial charge in [-0.1, -0.05) is 24.4 Å². The van der Waals surface area contributed by atoms with E-state index in [-0.39, 0.29) is 17.1 Å². The van der Waals surface area contributed by atoms with Crippen LogP contribution in [0.4, 0.5) is 0 Å². The number of hydrogen-bond acceptors (Lipinski definition) is 2. The zero-order chi connectivity index (χ0) is 8.57. The minimum Gasteiger partial charge on any atom is -0.374 e. The van der Waals surface area contributed by atoms with E-state index in [0.29, 0.717) is 8.64 Å². The predicted octanol–water partition coefficient (Wildman–Crippen LogP) is 0.460. The number of thiocarbonyl (C=S) groups is 2. The Labute approximate surface area is 99.6 Å². The molecule has 0 atom stereocenters. The van der Waals surface area contributed by atoms with Gasteiger partial charge in [0.25, 0.3) is 0 Å². The van der Waals surface area contributed by atoms with E-state index < -0.39 is 0 Å². The number of rotatable bonds is 0. The molecule has 2 radical (unpaired) electrons. The molecule has 0 aliphatic rings. The molecule has 0 aliphatic carbocycles. The number of nitrogens with one attached hydrogen (secondary N) is 2. The van der Waals surface area contributed by atoms with Crippen molar-refractivity contribution in [1.82, 2.24) is 10.6 Å². The molecule has 0 unspecified atom stereocenters. The van der Waals surface area contributed by atoms with Crippen LogP contribution in [0.5, 0.6) is 0 Å². The topological polar surface area (TPSA) is 24.1 Å². The summed E-state index contributed by atoms with van der Waals surface area (Å²) >= 11 is 16.3. The van der Waals surface area contributed by atoms with Crippen LogP contribution in [-0.2, 0) is 0 Å². The molecule has 0 rings (SSSR count). The first-order valence-corrected chi connectivity index (χ1v) is 4.07. The normalized spacial score (nSPS) is 6.18. The largest absolute Gasteiger partial charge is 0.374 e. The smallest absolute Gasteiger partial charge is 0.130 e. The molecule has 0 amide bonds. The molecule has 0 aromatic rings. The molecule has 0 aliphatic heterocycles. The first-order chi connectivity index (χ1) is 4.54. The Balaban J connectivity index is -0.000000107. The molecule has 0 saturated heterocycles. The van der Waals surface area contributed by atoms with Gasteiger partial charge in [-0.05, 0) is 0 Å². The van der Waals surface area contributed by atoms with E-state index in [1.54, 1.807) is 14.1 Å². The van der Waals surface area contributed by atoms with E-state index in [1.165, 1.54) is 0 Å². The Morgan fingerprint density at radius 2 is 1.09 bits per heavy atom. The first-order valence-electron chi connectivity index (χ1n) is 2.36. The van der Waals surface area contributed by atoms with Gasteiger partial charge in [-0.25, -0.2) is 0 Å². The first kappa shape index (κ1) is 17.9. The fourth-order valence-electron chi connectivity index (χ4n) is 0. The summed E-state index contributed by atoms with van der Waals surface area (Å²) in [5, 5.41) is 5.25. The van der Waals surface area contributed by atoms with Gasteiger partial charge in [0.2, 0.25) is 0 Å². The zero-order valence-corrected chi connectivity index (χ0v) is 11.3. The van der Waals surface area contributed by atoms with Gasteiger partial charge in [0.05, 0.1) is 0 Å². The third kappa shape index (κ3) is 35.6. The van der Waals surface area contributed by atoms with Gasteiger partial charge in [-0.15, -0.1) is 25.3 Å². The van der Waals surface area contributed by atoms with Gasteiger partial charge in [0, 0.05) is 31.2 Å². The maximum Gasteiger partial charge on any atom is 0.130 e. The van der Waals surface area contributed by atoms with Crippen molar-refractivity contribution in [3.63, 3.8) is 0 Å². The second kappa shape index (κ2) is 13.6. The van der Waals surface area contributed by atoms with E-state index in [0.717, 1.165) is 0 Å². The summed E-state index contributed by atoms with van der Waals surface area (Å²) in [5.41, 5.74) is 0. The molecule has 0 aromatic carbocycles. The van der Waals surface area contributed by atoms with Crippen molar-refractivity contribution in [3.05, 3.63) is 0 Å². The number of hydrogen-bond donors (Lipinski definition) is 4. The molecule has 0 fully saturated rings. The van der Waals surface area contributed by atoms with Crippen LogP contribution in [0.15, 0.2) is 0 Å². The average Bonchev–Trinajstić information content (AvgIpc) is 1.89. The van der Waals surface area contributed by atoms with E-state index in [4.69, 9.17) is 0 Å². The maximum absolute atomic E-state index is 4.45. The van der Waals surface area contributed by atoms with Gasteiger partial charge in [-0.3, -0.25) is 0 Å². The maximum atomic E-state index is 4.45. The zero-order valence-electron chi connectivity index (χ0n) is 6.12. The second-order valence-corrected chi connectivity index (χ2v) is 3.43. The van der Waals surface area contributed by atoms with Crippen LogP contribution in [0.1, 0.15) is 0 Å². The summed E-state index contributed by atoms with van der Waals surface area (Å²) in [5.74, 6) is 0. The predicted molar refractivity (Wildman–Crippen MR) is 67.0 cm³/mol. The Kier molecular flexibility index (Phi) is 22.1. The van der Waals surface area contributed by atoms with Gasteiger partial charge >= 0.3 is 0 Å². The van der Waals surface area contributed by atoms with Crippen molar-refractivity contribution in [2.45, 2.75) is 0 Å². The monoisotopic (exact) mass is 294 g/mol. The Morgan fingerprint density at radius 1 is 1.00 bits per heavy atom. The molecule has 2 nitrogen and oxygen atoms in total. The standard InChI is InChI=1S/2C2H5NS2.Se/c2*1-3-2(4)5;/h2*1H3,(H2,3,4,5);. The molecule has 7 heteroatoms. The Morgan fingerprint density at radius 3 is 1.09 bits per heavy atom. The molecule has 0 heterocycles. The van der Waals surface area contributed by atoms with E-state index >= 15 is 0 Å². The van der Waals surface area contributed by atoms with E-state index in [9.17, 15) is 0 Å². The van der Waals surface area contributed by atoms with Crippen LogP contribution < -0.4 is 10.6 Å². The quantitative estimate of drug-likeness (QED) is 0.296. The summed E-state index contributed by atoms with van der Waals surface area (Å²) in [6.45, 7) is 0. The van der Waals surface area contributed by atoms with Crippen LogP contribution >= 0.6 is 49.7 Å². The van der Waals surface area contributed by atoms with Gasteiger partial charge in [-0.2, -0.15) is 0 Å². The fourth-order valence-corrected chi connectivity index (χ4v) is 0. The molecule has 0 bridgehead atoms. The molecule has 11 heavy (non-hydrogen) atoms. The summed E-state index contributed by atoms with van der Waals surface area (Å²) in [4.78, 5) is 0. The van der Waals surface area contributed by atoms with Gasteiger partial charge < -0.3 is 10.6 Å². The summed E-state index contributed by atoms with van der Waals surface area (Å²) in [6, 6.07) is 0. The molecule has 0 saturated carbocycles. The summed E-state index contributed by atoms with van der Waals surface area (Å²) in [7, 11) is 3.46. The fraction of sp³-hybridized carbons (Fsp3) is 0.500. The molecular weight excluding hydrogens is 283 g/mol. The van der Waals surface area contributed by atoms with Crippen molar-refractivity contribution in [3.8, 4) is 0 Å². The van der Waals surface area contributed by atoms with Crippen molar-refractivity contribution in [2.75, 3.05) is 14.1 Å². The minimum atomic E-state index is 0. The van der Waals surface area contributed by atoms with Crippen molar-refractivity contribution in [1.29, 1.82) is 0 Å². The summed E-state index contributed by atoms with van der Waals surface area (Å²) in [6.07, 6.45) is 0. The van der Waals surface area contributed by atoms with Crippen LogP contribution in [0, 0.1) is 0 Å². The third-order valence-electron chi connectivity index (χ3n) is 0.428. The SMILES string of the molecule is CNC(=S)S.CNC(=S)S.[Se]. The van der Waals surface area contributed by atoms with Crippen LogP contribution in [0.25, 0.3) is 0 Å². The summed E-state index contributed by atoms with van der Waals surface area (Å²) < 4.78 is 1.06. The van der Waals surface area contributed by atoms with Gasteiger partial charge in [0.1, 0.15) is 8.64 Å². The van der Waals surface area contributed by atoms with Crippen LogP contribution in [0.2, 0.25) is 0 Å². The number of thiol groups is 2. The van der Waals surface area contributed by atoms with E-state index in [2.05, 4.69) is 60.3 Å². The van der Waals surface area contributed by atoms with Crippen LogP contribution in [0.3, 0.4) is 0 Å². The second-order valence-electron chi connectivity index (χ2n) is 1.11. The Bertz CT molecular complexity index is 105. The molecule has 0 aromatic heterocycles. The van der Waals surface area contributed by atoms with Crippen molar-refractivity contribution in [2.24, 2.45) is 0 Å². The minimum absolute atomic E-state index is 0. The van der Waals surface area contributed by atoms with Crippen LogP contribution in [-0.4, -0.2) is 39.8 Å². The average molecular weight is 293 g/mol. The Hall–Kier alpha value is 0.999. The van der Waals surface area contributed by atoms with Crippen molar-refractivity contribution < 1.29 is 0 Å². The van der Waals surface area contributed by atoms with Gasteiger partial charge in [0.15, 0.2) is 0 Å². The van der Waals surface area contributed by atoms with E-state index in [1.807, 2.05) is 0 Å². The molecule has 0 spiro atoms. The van der Waals surface area contributed by atoms with Crippen molar-refractivity contribution >= 4 is 75.4 Å². The molecule has 2 N–H and O–H groups in total. The third-order valence-corrected chi connectivity index (χ3v) is 1.28. The molecular formula is C4H10N2S4Se. The molecule has 66 valence electrons.